The molecule has 1 aromatic heterocycles. The summed E-state index contributed by atoms with van der Waals surface area (Å²) >= 11 is 0. The van der Waals surface area contributed by atoms with E-state index in [1.165, 1.54) is 12.8 Å². The summed E-state index contributed by atoms with van der Waals surface area (Å²) in [5.74, 6) is 1.69. The second-order valence-corrected chi connectivity index (χ2v) is 6.50. The molecule has 0 bridgehead atoms. The molecule has 0 amide bonds. The fourth-order valence-corrected chi connectivity index (χ4v) is 2.49. The lowest BCUT2D eigenvalue weighted by molar-refractivity contribution is 0.123. The minimum absolute atomic E-state index is 0. The van der Waals surface area contributed by atoms with E-state index in [0.29, 0.717) is 0 Å². The van der Waals surface area contributed by atoms with Crippen LogP contribution in [-0.2, 0) is 11.3 Å². The van der Waals surface area contributed by atoms with Crippen LogP contribution in [0.15, 0.2) is 34.2 Å². The standard InChI is InChI=1S/C19H32N4O2.HI/c1-2-20-19(22-12-7-15-25-16-17-9-10-17)21-11-4-6-14-23-13-5-3-8-18(23)24;/h3,5,8,13,17H,2,4,6-7,9-12,14-16H2,1H3,(H2,20,21,22);1H. The first-order valence-corrected chi connectivity index (χ1v) is 9.55. The van der Waals surface area contributed by atoms with Gasteiger partial charge in [-0.3, -0.25) is 9.79 Å². The van der Waals surface area contributed by atoms with Gasteiger partial charge in [0.05, 0.1) is 0 Å². The van der Waals surface area contributed by atoms with Crippen LogP contribution in [0.2, 0.25) is 0 Å². The molecule has 1 aromatic rings. The Labute approximate surface area is 173 Å². The smallest absolute Gasteiger partial charge is 0.250 e. The fourth-order valence-electron chi connectivity index (χ4n) is 2.49. The minimum atomic E-state index is 0. The van der Waals surface area contributed by atoms with Crippen molar-refractivity contribution in [2.45, 2.75) is 45.6 Å². The van der Waals surface area contributed by atoms with Gasteiger partial charge in [-0.1, -0.05) is 6.07 Å². The molecule has 7 heteroatoms. The largest absolute Gasteiger partial charge is 0.381 e. The van der Waals surface area contributed by atoms with E-state index in [1.807, 2.05) is 12.3 Å². The van der Waals surface area contributed by atoms with Gasteiger partial charge in [-0.05, 0) is 51.0 Å². The van der Waals surface area contributed by atoms with Crippen molar-refractivity contribution >= 4 is 29.9 Å². The molecule has 0 atom stereocenters. The van der Waals surface area contributed by atoms with Gasteiger partial charge in [-0.15, -0.1) is 24.0 Å². The third kappa shape index (κ3) is 10.2. The van der Waals surface area contributed by atoms with Crippen LogP contribution in [0.4, 0.5) is 0 Å². The maximum absolute atomic E-state index is 11.6. The SMILES string of the molecule is CCNC(=NCCCOCC1CC1)NCCCCn1ccccc1=O.I. The summed E-state index contributed by atoms with van der Waals surface area (Å²) in [6.07, 6.45) is 7.44. The summed E-state index contributed by atoms with van der Waals surface area (Å²) in [7, 11) is 0. The van der Waals surface area contributed by atoms with Crippen molar-refractivity contribution < 1.29 is 4.74 Å². The Morgan fingerprint density at radius 2 is 2.12 bits per heavy atom. The Kier molecular flexibility index (Phi) is 12.4. The number of guanidine groups is 1. The van der Waals surface area contributed by atoms with Crippen molar-refractivity contribution in [3.8, 4) is 0 Å². The lowest BCUT2D eigenvalue weighted by Gasteiger charge is -2.11. The number of ether oxygens (including phenoxy) is 1. The number of nitrogens with one attached hydrogen (secondary N) is 2. The molecule has 0 radical (unpaired) electrons. The van der Waals surface area contributed by atoms with E-state index in [2.05, 4.69) is 22.5 Å². The molecule has 2 N–H and O–H groups in total. The van der Waals surface area contributed by atoms with E-state index in [4.69, 9.17) is 4.74 Å². The van der Waals surface area contributed by atoms with E-state index in [9.17, 15) is 4.79 Å². The number of pyridine rings is 1. The molecule has 0 aromatic carbocycles. The van der Waals surface area contributed by atoms with Crippen molar-refractivity contribution in [1.82, 2.24) is 15.2 Å². The predicted octanol–water partition coefficient (Wildman–Crippen LogP) is 2.62. The van der Waals surface area contributed by atoms with Crippen molar-refractivity contribution in [2.75, 3.05) is 32.8 Å². The first-order chi connectivity index (χ1) is 12.3. The Morgan fingerprint density at radius 1 is 1.27 bits per heavy atom. The van der Waals surface area contributed by atoms with Gasteiger partial charge in [0.2, 0.25) is 5.56 Å². The van der Waals surface area contributed by atoms with Crippen LogP contribution in [0.5, 0.6) is 0 Å². The Morgan fingerprint density at radius 3 is 2.85 bits per heavy atom. The molecule has 1 saturated carbocycles. The summed E-state index contributed by atoms with van der Waals surface area (Å²) in [6, 6.07) is 5.27. The molecule has 0 spiro atoms. The highest BCUT2D eigenvalue weighted by atomic mass is 127. The van der Waals surface area contributed by atoms with E-state index in [0.717, 1.165) is 70.5 Å². The Balaban J connectivity index is 0.00000338. The van der Waals surface area contributed by atoms with Crippen LogP contribution < -0.4 is 16.2 Å². The zero-order chi connectivity index (χ0) is 17.7. The maximum Gasteiger partial charge on any atom is 0.250 e. The lowest BCUT2D eigenvalue weighted by Crippen LogP contribution is -2.38. The Bertz CT molecular complexity index is 573. The van der Waals surface area contributed by atoms with E-state index < -0.39 is 0 Å². The number of halogens is 1. The Hall–Kier alpha value is -1.09. The summed E-state index contributed by atoms with van der Waals surface area (Å²) < 4.78 is 7.38. The van der Waals surface area contributed by atoms with Gasteiger partial charge in [-0.2, -0.15) is 0 Å². The topological polar surface area (TPSA) is 67.7 Å². The van der Waals surface area contributed by atoms with E-state index in [-0.39, 0.29) is 29.5 Å². The molecule has 0 aliphatic heterocycles. The lowest BCUT2D eigenvalue weighted by atomic mass is 10.3. The highest BCUT2D eigenvalue weighted by molar-refractivity contribution is 14.0. The van der Waals surface area contributed by atoms with Gasteiger partial charge in [0.25, 0.3) is 0 Å². The van der Waals surface area contributed by atoms with Gasteiger partial charge in [-0.25, -0.2) is 0 Å². The number of aromatic nitrogens is 1. The van der Waals surface area contributed by atoms with E-state index in [1.54, 1.807) is 16.7 Å². The zero-order valence-electron chi connectivity index (χ0n) is 15.8. The fraction of sp³-hybridized carbons (Fsp3) is 0.684. The second kappa shape index (κ2) is 14.0. The summed E-state index contributed by atoms with van der Waals surface area (Å²) in [6.45, 7) is 7.03. The number of unbranched alkanes of at least 4 members (excludes halogenated alkanes) is 1. The van der Waals surface area contributed by atoms with Gasteiger partial charge < -0.3 is 19.9 Å². The number of aryl methyl sites for hydroxylation is 1. The summed E-state index contributed by atoms with van der Waals surface area (Å²) in [4.78, 5) is 16.2. The number of hydrogen-bond donors (Lipinski definition) is 2. The molecule has 1 heterocycles. The van der Waals surface area contributed by atoms with E-state index >= 15 is 0 Å². The first kappa shape index (κ1) is 23.0. The van der Waals surface area contributed by atoms with Gasteiger partial charge in [0.15, 0.2) is 5.96 Å². The molecule has 2 rings (SSSR count). The van der Waals surface area contributed by atoms with Crippen molar-refractivity contribution in [1.29, 1.82) is 0 Å². The quantitative estimate of drug-likeness (QED) is 0.211. The van der Waals surface area contributed by atoms with Gasteiger partial charge >= 0.3 is 0 Å². The number of nitrogens with zero attached hydrogens (tertiary/aromatic N) is 2. The van der Waals surface area contributed by atoms with Crippen molar-refractivity contribution in [2.24, 2.45) is 10.9 Å². The predicted molar refractivity (Wildman–Crippen MR) is 117 cm³/mol. The number of aliphatic imine (C=N–C) groups is 1. The highest BCUT2D eigenvalue weighted by Crippen LogP contribution is 2.28. The van der Waals surface area contributed by atoms with Crippen LogP contribution in [-0.4, -0.2) is 43.4 Å². The maximum atomic E-state index is 11.6. The number of hydrogen-bond acceptors (Lipinski definition) is 3. The second-order valence-electron chi connectivity index (χ2n) is 6.50. The molecule has 26 heavy (non-hydrogen) atoms. The first-order valence-electron chi connectivity index (χ1n) is 9.55. The molecule has 1 aliphatic carbocycles. The summed E-state index contributed by atoms with van der Waals surface area (Å²) in [5.41, 5.74) is 0.0641. The molecule has 0 unspecified atom stereocenters. The van der Waals surface area contributed by atoms with Crippen LogP contribution in [0.25, 0.3) is 0 Å². The molecule has 148 valence electrons. The van der Waals surface area contributed by atoms with Crippen LogP contribution >= 0.6 is 24.0 Å². The molecule has 1 aliphatic rings. The van der Waals surface area contributed by atoms with Gasteiger partial charge in [0, 0.05) is 51.7 Å². The van der Waals surface area contributed by atoms with Crippen molar-refractivity contribution in [3.63, 3.8) is 0 Å². The molecular formula is C19H33IN4O2. The number of rotatable bonds is 12. The monoisotopic (exact) mass is 476 g/mol. The average Bonchev–Trinajstić information content (AvgIpc) is 3.43. The molecular weight excluding hydrogens is 443 g/mol. The zero-order valence-corrected chi connectivity index (χ0v) is 18.1. The average molecular weight is 476 g/mol. The molecule has 6 nitrogen and oxygen atoms in total. The van der Waals surface area contributed by atoms with Crippen LogP contribution in [0.3, 0.4) is 0 Å². The summed E-state index contributed by atoms with van der Waals surface area (Å²) in [5, 5.41) is 6.61. The molecule has 1 fully saturated rings. The third-order valence-electron chi connectivity index (χ3n) is 4.13. The highest BCUT2D eigenvalue weighted by Gasteiger charge is 2.20. The molecule has 0 saturated heterocycles. The third-order valence-corrected chi connectivity index (χ3v) is 4.13. The van der Waals surface area contributed by atoms with Crippen LogP contribution in [0, 0.1) is 5.92 Å². The normalized spacial score (nSPS) is 14.0. The van der Waals surface area contributed by atoms with Gasteiger partial charge in [0.1, 0.15) is 0 Å². The van der Waals surface area contributed by atoms with Crippen LogP contribution in [0.1, 0.15) is 39.0 Å². The van der Waals surface area contributed by atoms with Crippen molar-refractivity contribution in [3.05, 3.63) is 34.7 Å². The minimum Gasteiger partial charge on any atom is -0.381 e.